The van der Waals surface area contributed by atoms with Gasteiger partial charge in [0.2, 0.25) is 0 Å². The molecule has 0 spiro atoms. The highest BCUT2D eigenvalue weighted by atomic mass is 35.5. The molecule has 0 saturated carbocycles. The average Bonchev–Trinajstić information content (AvgIpc) is 2.03. The number of benzene rings is 1. The van der Waals surface area contributed by atoms with E-state index >= 15 is 0 Å². The van der Waals surface area contributed by atoms with Gasteiger partial charge in [0.25, 0.3) is 0 Å². The number of ether oxygens (including phenoxy) is 1. The molecule has 0 aliphatic heterocycles. The van der Waals surface area contributed by atoms with Crippen LogP contribution in [0.3, 0.4) is 0 Å². The number of hydrogen-bond acceptors (Lipinski definition) is 2. The zero-order valence-electron chi connectivity index (χ0n) is 5.96. The van der Waals surface area contributed by atoms with Crippen LogP contribution in [-0.2, 0) is 0 Å². The molecule has 60 valence electrons. The van der Waals surface area contributed by atoms with Gasteiger partial charge in [-0.1, -0.05) is 12.1 Å². The first-order valence-corrected chi connectivity index (χ1v) is 4.29. The smallest absolute Gasteiger partial charge is 0.132 e. The molecule has 3 heteroatoms. The maximum absolute atomic E-state index is 5.45. The molecular formula is C8H9ClOS. The molecule has 1 rings (SSSR count). The summed E-state index contributed by atoms with van der Waals surface area (Å²) in [4.78, 5) is 0.845. The molecule has 0 fully saturated rings. The molecule has 0 radical (unpaired) electrons. The van der Waals surface area contributed by atoms with Crippen molar-refractivity contribution in [3.63, 3.8) is 0 Å². The molecule has 0 saturated heterocycles. The van der Waals surface area contributed by atoms with Crippen molar-refractivity contribution in [2.45, 2.75) is 4.90 Å². The molecule has 1 aromatic rings. The van der Waals surface area contributed by atoms with Crippen LogP contribution >= 0.6 is 24.2 Å². The lowest BCUT2D eigenvalue weighted by Gasteiger charge is -2.04. The van der Waals surface area contributed by atoms with E-state index in [0.29, 0.717) is 12.5 Å². The second kappa shape index (κ2) is 4.52. The van der Waals surface area contributed by atoms with Crippen LogP contribution in [0.2, 0.25) is 0 Å². The molecule has 1 aromatic carbocycles. The molecule has 11 heavy (non-hydrogen) atoms. The Morgan fingerprint density at radius 2 is 2.09 bits per heavy atom. The monoisotopic (exact) mass is 188 g/mol. The van der Waals surface area contributed by atoms with Crippen molar-refractivity contribution in [2.24, 2.45) is 0 Å². The Balaban J connectivity index is 2.62. The third kappa shape index (κ3) is 2.64. The van der Waals surface area contributed by atoms with Gasteiger partial charge in [0, 0.05) is 4.90 Å². The van der Waals surface area contributed by atoms with Crippen LogP contribution in [0.25, 0.3) is 0 Å². The van der Waals surface area contributed by atoms with Crippen LogP contribution in [0, 0.1) is 0 Å². The Labute approximate surface area is 76.7 Å². The van der Waals surface area contributed by atoms with Crippen LogP contribution in [-0.4, -0.2) is 12.5 Å². The Morgan fingerprint density at radius 3 is 2.73 bits per heavy atom. The summed E-state index contributed by atoms with van der Waals surface area (Å²) >= 11 is 9.66. The van der Waals surface area contributed by atoms with E-state index in [9.17, 15) is 0 Å². The van der Waals surface area contributed by atoms with E-state index in [2.05, 4.69) is 12.6 Å². The molecule has 0 bridgehead atoms. The minimum Gasteiger partial charge on any atom is -0.491 e. The fourth-order valence-electron chi connectivity index (χ4n) is 0.728. The summed E-state index contributed by atoms with van der Waals surface area (Å²) in [5.41, 5.74) is 0. The normalized spacial score (nSPS) is 9.64. The lowest BCUT2D eigenvalue weighted by atomic mass is 10.3. The van der Waals surface area contributed by atoms with Crippen molar-refractivity contribution in [1.29, 1.82) is 0 Å². The van der Waals surface area contributed by atoms with E-state index in [1.165, 1.54) is 0 Å². The quantitative estimate of drug-likeness (QED) is 0.567. The molecule has 0 heterocycles. The van der Waals surface area contributed by atoms with Gasteiger partial charge in [-0.15, -0.1) is 24.2 Å². The van der Waals surface area contributed by atoms with E-state index in [-0.39, 0.29) is 0 Å². The van der Waals surface area contributed by atoms with E-state index in [1.807, 2.05) is 24.3 Å². The Hall–Kier alpha value is -0.340. The summed E-state index contributed by atoms with van der Waals surface area (Å²) in [6, 6.07) is 7.57. The lowest BCUT2D eigenvalue weighted by molar-refractivity contribution is 0.335. The topological polar surface area (TPSA) is 9.23 Å². The minimum atomic E-state index is 0.502. The third-order valence-electron chi connectivity index (χ3n) is 1.20. The second-order valence-corrected chi connectivity index (χ2v) is 2.86. The van der Waals surface area contributed by atoms with E-state index < -0.39 is 0 Å². The summed E-state index contributed by atoms with van der Waals surface area (Å²) < 4.78 is 5.28. The zero-order valence-corrected chi connectivity index (χ0v) is 7.61. The van der Waals surface area contributed by atoms with E-state index in [0.717, 1.165) is 10.6 Å². The summed E-state index contributed by atoms with van der Waals surface area (Å²) in [6.45, 7) is 0.527. The van der Waals surface area contributed by atoms with Crippen LogP contribution in [0.5, 0.6) is 5.75 Å². The maximum Gasteiger partial charge on any atom is 0.132 e. The van der Waals surface area contributed by atoms with Crippen LogP contribution in [0.4, 0.5) is 0 Å². The van der Waals surface area contributed by atoms with Crippen molar-refractivity contribution in [2.75, 3.05) is 12.5 Å². The lowest BCUT2D eigenvalue weighted by Crippen LogP contribution is -1.98. The van der Waals surface area contributed by atoms with E-state index in [4.69, 9.17) is 16.3 Å². The van der Waals surface area contributed by atoms with Gasteiger partial charge in [0.1, 0.15) is 12.4 Å². The second-order valence-electron chi connectivity index (χ2n) is 2.01. The molecule has 0 aromatic heterocycles. The fraction of sp³-hybridized carbons (Fsp3) is 0.250. The Bertz CT molecular complexity index is 227. The summed E-state index contributed by atoms with van der Waals surface area (Å²) in [5, 5.41) is 0. The van der Waals surface area contributed by atoms with Gasteiger partial charge >= 0.3 is 0 Å². The SMILES string of the molecule is Sc1ccccc1OCCCl. The highest BCUT2D eigenvalue weighted by molar-refractivity contribution is 7.80. The van der Waals surface area contributed by atoms with Crippen LogP contribution < -0.4 is 4.74 Å². The van der Waals surface area contributed by atoms with Gasteiger partial charge in [-0.2, -0.15) is 0 Å². The van der Waals surface area contributed by atoms with E-state index in [1.54, 1.807) is 0 Å². The predicted octanol–water partition coefficient (Wildman–Crippen LogP) is 2.59. The number of alkyl halides is 1. The van der Waals surface area contributed by atoms with Crippen molar-refractivity contribution >= 4 is 24.2 Å². The minimum absolute atomic E-state index is 0.502. The highest BCUT2D eigenvalue weighted by Gasteiger charge is 1.95. The molecule has 0 aliphatic rings. The van der Waals surface area contributed by atoms with Gasteiger partial charge in [-0.05, 0) is 12.1 Å². The van der Waals surface area contributed by atoms with Gasteiger partial charge in [0.15, 0.2) is 0 Å². The molecule has 1 nitrogen and oxygen atoms in total. The Kier molecular flexibility index (Phi) is 3.60. The van der Waals surface area contributed by atoms with Gasteiger partial charge in [-0.25, -0.2) is 0 Å². The predicted molar refractivity (Wildman–Crippen MR) is 49.9 cm³/mol. The average molecular weight is 189 g/mol. The zero-order chi connectivity index (χ0) is 8.10. The van der Waals surface area contributed by atoms with Crippen molar-refractivity contribution in [3.8, 4) is 5.75 Å². The number of halogens is 1. The summed E-state index contributed by atoms with van der Waals surface area (Å²) in [7, 11) is 0. The largest absolute Gasteiger partial charge is 0.491 e. The third-order valence-corrected chi connectivity index (χ3v) is 1.72. The number of hydrogen-bond donors (Lipinski definition) is 1. The Morgan fingerprint density at radius 1 is 1.36 bits per heavy atom. The number of rotatable bonds is 3. The van der Waals surface area contributed by atoms with Crippen molar-refractivity contribution < 1.29 is 4.74 Å². The van der Waals surface area contributed by atoms with Crippen molar-refractivity contribution in [3.05, 3.63) is 24.3 Å². The molecular weight excluding hydrogens is 180 g/mol. The first kappa shape index (κ1) is 8.75. The van der Waals surface area contributed by atoms with Gasteiger partial charge in [0.05, 0.1) is 5.88 Å². The van der Waals surface area contributed by atoms with Gasteiger partial charge in [-0.3, -0.25) is 0 Å². The first-order chi connectivity index (χ1) is 5.34. The molecule has 0 amide bonds. The van der Waals surface area contributed by atoms with Gasteiger partial charge < -0.3 is 4.74 Å². The van der Waals surface area contributed by atoms with Crippen LogP contribution in [0.1, 0.15) is 0 Å². The number of thiol groups is 1. The first-order valence-electron chi connectivity index (χ1n) is 3.31. The molecule has 0 aliphatic carbocycles. The number of para-hydroxylation sites is 1. The summed E-state index contributed by atoms with van der Waals surface area (Å²) in [6.07, 6.45) is 0. The standard InChI is InChI=1S/C8H9ClOS/c9-5-6-10-7-3-1-2-4-8(7)11/h1-4,11H,5-6H2. The highest BCUT2D eigenvalue weighted by Crippen LogP contribution is 2.20. The fourth-order valence-corrected chi connectivity index (χ4v) is 1.03. The van der Waals surface area contributed by atoms with Crippen LogP contribution in [0.15, 0.2) is 29.2 Å². The maximum atomic E-state index is 5.45. The molecule has 0 atom stereocenters. The van der Waals surface area contributed by atoms with Crippen molar-refractivity contribution in [1.82, 2.24) is 0 Å². The summed E-state index contributed by atoms with van der Waals surface area (Å²) in [5.74, 6) is 1.29. The molecule has 0 N–H and O–H groups in total. The molecule has 0 unspecified atom stereocenters.